The van der Waals surface area contributed by atoms with Gasteiger partial charge in [-0.1, -0.05) is 6.92 Å². The van der Waals surface area contributed by atoms with Gasteiger partial charge in [-0.25, -0.2) is 4.98 Å². The maximum absolute atomic E-state index is 12.6. The van der Waals surface area contributed by atoms with Gasteiger partial charge in [0, 0.05) is 6.04 Å². The molecule has 8 heteroatoms. The van der Waals surface area contributed by atoms with Crippen LogP contribution in [0.5, 0.6) is 5.88 Å². The first-order valence-corrected chi connectivity index (χ1v) is 6.33. The molecule has 0 aromatic carbocycles. The molecule has 1 heterocycles. The third-order valence-corrected chi connectivity index (χ3v) is 2.51. The van der Waals surface area contributed by atoms with Crippen molar-refractivity contribution in [3.05, 3.63) is 6.33 Å². The normalized spacial score (nSPS) is 11.8. The third-order valence-electron chi connectivity index (χ3n) is 2.51. The summed E-state index contributed by atoms with van der Waals surface area (Å²) in [4.78, 5) is 8.79. The number of ether oxygens (including phenoxy) is 1. The molecule has 0 aliphatic heterocycles. The predicted molar refractivity (Wildman–Crippen MR) is 70.8 cm³/mol. The van der Waals surface area contributed by atoms with Crippen molar-refractivity contribution in [2.75, 3.05) is 23.8 Å². The van der Waals surface area contributed by atoms with Crippen LogP contribution in [-0.4, -0.2) is 35.3 Å². The maximum atomic E-state index is 12.6. The molecule has 0 atom stereocenters. The van der Waals surface area contributed by atoms with Crippen LogP contribution in [0.1, 0.15) is 27.2 Å². The number of nitrogen functional groups attached to an aromatic ring is 1. The van der Waals surface area contributed by atoms with Gasteiger partial charge in [-0.2, -0.15) is 18.2 Å². The van der Waals surface area contributed by atoms with E-state index in [1.165, 1.54) is 0 Å². The van der Waals surface area contributed by atoms with Gasteiger partial charge >= 0.3 is 6.18 Å². The minimum Gasteiger partial charge on any atom is -0.476 e. The number of hydrogen-bond donors (Lipinski definition) is 1. The van der Waals surface area contributed by atoms with E-state index in [4.69, 9.17) is 10.5 Å². The van der Waals surface area contributed by atoms with Crippen LogP contribution in [-0.2, 0) is 0 Å². The Morgan fingerprint density at radius 3 is 2.50 bits per heavy atom. The highest BCUT2D eigenvalue weighted by Crippen LogP contribution is 2.31. The molecular formula is C12H19F3N4O. The summed E-state index contributed by atoms with van der Waals surface area (Å²) in [5.41, 5.74) is 5.85. The summed E-state index contributed by atoms with van der Waals surface area (Å²) >= 11 is 0. The van der Waals surface area contributed by atoms with Crippen LogP contribution >= 0.6 is 0 Å². The fourth-order valence-corrected chi connectivity index (χ4v) is 1.61. The fourth-order valence-electron chi connectivity index (χ4n) is 1.61. The molecule has 5 nitrogen and oxygen atoms in total. The van der Waals surface area contributed by atoms with Crippen molar-refractivity contribution < 1.29 is 17.9 Å². The lowest BCUT2D eigenvalue weighted by Gasteiger charge is -2.29. The molecule has 0 amide bonds. The quantitative estimate of drug-likeness (QED) is 0.873. The van der Waals surface area contributed by atoms with E-state index in [9.17, 15) is 13.2 Å². The number of hydrogen-bond acceptors (Lipinski definition) is 5. The Kier molecular flexibility index (Phi) is 5.41. The molecule has 0 unspecified atom stereocenters. The van der Waals surface area contributed by atoms with Crippen molar-refractivity contribution in [3.8, 4) is 5.88 Å². The molecule has 0 saturated heterocycles. The van der Waals surface area contributed by atoms with Crippen LogP contribution in [0.15, 0.2) is 6.33 Å². The van der Waals surface area contributed by atoms with Gasteiger partial charge in [-0.15, -0.1) is 0 Å². The Hall–Kier alpha value is -1.73. The summed E-state index contributed by atoms with van der Waals surface area (Å²) in [6, 6.07) is -0.409. The smallest absolute Gasteiger partial charge is 0.405 e. The Morgan fingerprint density at radius 1 is 1.35 bits per heavy atom. The largest absolute Gasteiger partial charge is 0.476 e. The summed E-state index contributed by atoms with van der Waals surface area (Å²) in [6.07, 6.45) is -2.44. The fraction of sp³-hybridized carbons (Fsp3) is 0.667. The van der Waals surface area contributed by atoms with Gasteiger partial charge in [-0.3, -0.25) is 0 Å². The Balaban J connectivity index is 3.07. The van der Waals surface area contributed by atoms with Gasteiger partial charge in [-0.05, 0) is 20.3 Å². The molecule has 0 saturated carbocycles. The molecule has 114 valence electrons. The Morgan fingerprint density at radius 2 is 2.00 bits per heavy atom. The van der Waals surface area contributed by atoms with Crippen LogP contribution in [0, 0.1) is 0 Å². The number of anilines is 2. The number of halogens is 3. The van der Waals surface area contributed by atoms with Crippen molar-refractivity contribution in [2.24, 2.45) is 0 Å². The summed E-state index contributed by atoms with van der Waals surface area (Å²) in [6.45, 7) is 4.45. The number of nitrogens with zero attached hydrogens (tertiary/aromatic N) is 3. The highest BCUT2D eigenvalue weighted by atomic mass is 19.4. The van der Waals surface area contributed by atoms with Gasteiger partial charge in [0.25, 0.3) is 0 Å². The number of nitrogens with two attached hydrogens (primary N) is 1. The maximum Gasteiger partial charge on any atom is 0.405 e. The lowest BCUT2D eigenvalue weighted by atomic mass is 10.3. The first-order chi connectivity index (χ1) is 9.26. The van der Waals surface area contributed by atoms with E-state index in [0.29, 0.717) is 6.61 Å². The molecule has 0 spiro atoms. The zero-order valence-corrected chi connectivity index (χ0v) is 11.7. The molecule has 1 aromatic heterocycles. The standard InChI is InChI=1S/C12H19F3N4O/c1-4-5-20-11-9(16)10(17-7-18-11)19(8(2)3)6-12(13,14)15/h7-8H,4-6,16H2,1-3H3. The zero-order valence-electron chi connectivity index (χ0n) is 11.7. The first-order valence-electron chi connectivity index (χ1n) is 6.33. The van der Waals surface area contributed by atoms with Crippen molar-refractivity contribution in [3.63, 3.8) is 0 Å². The van der Waals surface area contributed by atoms with Crippen LogP contribution in [0.4, 0.5) is 24.7 Å². The van der Waals surface area contributed by atoms with Crippen molar-refractivity contribution in [1.82, 2.24) is 9.97 Å². The van der Waals surface area contributed by atoms with Gasteiger partial charge in [0.1, 0.15) is 18.6 Å². The minimum atomic E-state index is -4.34. The van der Waals surface area contributed by atoms with E-state index in [2.05, 4.69) is 9.97 Å². The third kappa shape index (κ3) is 4.43. The van der Waals surface area contributed by atoms with E-state index in [1.54, 1.807) is 13.8 Å². The SMILES string of the molecule is CCCOc1ncnc(N(CC(F)(F)F)C(C)C)c1N. The minimum absolute atomic E-state index is 0.0268. The zero-order chi connectivity index (χ0) is 15.3. The van der Waals surface area contributed by atoms with Gasteiger partial charge in [0.2, 0.25) is 5.88 Å². The van der Waals surface area contributed by atoms with Crippen LogP contribution < -0.4 is 15.4 Å². The second kappa shape index (κ2) is 6.62. The van der Waals surface area contributed by atoms with Crippen LogP contribution in [0.2, 0.25) is 0 Å². The summed E-state index contributed by atoms with van der Waals surface area (Å²) in [7, 11) is 0. The van der Waals surface area contributed by atoms with Crippen LogP contribution in [0.25, 0.3) is 0 Å². The molecule has 0 radical (unpaired) electrons. The highest BCUT2D eigenvalue weighted by molar-refractivity contribution is 5.68. The van der Waals surface area contributed by atoms with E-state index in [-0.39, 0.29) is 17.4 Å². The second-order valence-electron chi connectivity index (χ2n) is 4.60. The number of rotatable bonds is 6. The van der Waals surface area contributed by atoms with Gasteiger partial charge < -0.3 is 15.4 Å². The van der Waals surface area contributed by atoms with Gasteiger partial charge in [0.15, 0.2) is 5.82 Å². The van der Waals surface area contributed by atoms with Crippen molar-refractivity contribution in [2.45, 2.75) is 39.4 Å². The average Bonchev–Trinajstić information content (AvgIpc) is 2.34. The predicted octanol–water partition coefficient (Wildman–Crippen LogP) is 2.62. The van der Waals surface area contributed by atoms with Crippen molar-refractivity contribution >= 4 is 11.5 Å². The van der Waals surface area contributed by atoms with E-state index in [1.807, 2.05) is 6.92 Å². The molecule has 2 N–H and O–H groups in total. The average molecular weight is 292 g/mol. The molecule has 1 aromatic rings. The van der Waals surface area contributed by atoms with E-state index < -0.39 is 18.8 Å². The molecule has 0 fully saturated rings. The summed E-state index contributed by atoms with van der Waals surface area (Å²) in [5.74, 6) is 0.156. The lowest BCUT2D eigenvalue weighted by molar-refractivity contribution is -0.120. The monoisotopic (exact) mass is 292 g/mol. The highest BCUT2D eigenvalue weighted by Gasteiger charge is 2.33. The molecule has 0 bridgehead atoms. The lowest BCUT2D eigenvalue weighted by Crippen LogP contribution is -2.40. The topological polar surface area (TPSA) is 64.3 Å². The van der Waals surface area contributed by atoms with E-state index in [0.717, 1.165) is 17.6 Å². The second-order valence-corrected chi connectivity index (χ2v) is 4.60. The summed E-state index contributed by atoms with van der Waals surface area (Å²) < 4.78 is 43.2. The number of alkyl halides is 3. The molecular weight excluding hydrogens is 273 g/mol. The molecule has 0 aliphatic rings. The first kappa shape index (κ1) is 16.3. The number of aromatic nitrogens is 2. The molecule has 20 heavy (non-hydrogen) atoms. The van der Waals surface area contributed by atoms with E-state index >= 15 is 0 Å². The van der Waals surface area contributed by atoms with Gasteiger partial charge in [0.05, 0.1) is 6.61 Å². The summed E-state index contributed by atoms with van der Waals surface area (Å²) in [5, 5.41) is 0. The molecule has 0 aliphatic carbocycles. The molecule has 1 rings (SSSR count). The van der Waals surface area contributed by atoms with Crippen molar-refractivity contribution in [1.29, 1.82) is 0 Å². The Bertz CT molecular complexity index is 437. The Labute approximate surface area is 116 Å². The van der Waals surface area contributed by atoms with Crippen LogP contribution in [0.3, 0.4) is 0 Å².